The SMILES string of the molecule is Cc1cnc(C(O)c2cc(C)cc(F)c2)nc1. The number of hydrogen-bond acceptors (Lipinski definition) is 3. The van der Waals surface area contributed by atoms with Crippen molar-refractivity contribution in [2.24, 2.45) is 0 Å². The van der Waals surface area contributed by atoms with Gasteiger partial charge in [0.15, 0.2) is 5.82 Å². The molecule has 1 heterocycles. The van der Waals surface area contributed by atoms with Gasteiger partial charge in [0, 0.05) is 12.4 Å². The van der Waals surface area contributed by atoms with Crippen molar-refractivity contribution in [3.8, 4) is 0 Å². The zero-order valence-electron chi connectivity index (χ0n) is 9.68. The van der Waals surface area contributed by atoms with Gasteiger partial charge in [-0.3, -0.25) is 0 Å². The summed E-state index contributed by atoms with van der Waals surface area (Å²) < 4.78 is 13.2. The summed E-state index contributed by atoms with van der Waals surface area (Å²) in [5.74, 6) is -0.0910. The van der Waals surface area contributed by atoms with Gasteiger partial charge in [-0.2, -0.15) is 0 Å². The van der Waals surface area contributed by atoms with Gasteiger partial charge in [0.2, 0.25) is 0 Å². The van der Waals surface area contributed by atoms with Crippen molar-refractivity contribution >= 4 is 0 Å². The van der Waals surface area contributed by atoms with Crippen LogP contribution in [0.3, 0.4) is 0 Å². The van der Waals surface area contributed by atoms with Crippen molar-refractivity contribution < 1.29 is 9.50 Å². The lowest BCUT2D eigenvalue weighted by molar-refractivity contribution is 0.209. The Morgan fingerprint density at radius 1 is 1.06 bits per heavy atom. The van der Waals surface area contributed by atoms with Crippen molar-refractivity contribution in [2.45, 2.75) is 20.0 Å². The highest BCUT2D eigenvalue weighted by Crippen LogP contribution is 2.20. The van der Waals surface area contributed by atoms with E-state index in [2.05, 4.69) is 9.97 Å². The molecule has 0 fully saturated rings. The van der Waals surface area contributed by atoms with E-state index in [0.717, 1.165) is 11.1 Å². The van der Waals surface area contributed by atoms with Gasteiger partial charge in [0.05, 0.1) is 0 Å². The average molecular weight is 232 g/mol. The van der Waals surface area contributed by atoms with Gasteiger partial charge in [-0.05, 0) is 42.7 Å². The third kappa shape index (κ3) is 2.65. The van der Waals surface area contributed by atoms with Crippen molar-refractivity contribution in [3.63, 3.8) is 0 Å². The molecule has 17 heavy (non-hydrogen) atoms. The van der Waals surface area contributed by atoms with Gasteiger partial charge < -0.3 is 5.11 Å². The first-order valence-corrected chi connectivity index (χ1v) is 5.30. The van der Waals surface area contributed by atoms with Crippen LogP contribution in [0.25, 0.3) is 0 Å². The predicted octanol–water partition coefficient (Wildman–Crippen LogP) is 2.31. The smallest absolute Gasteiger partial charge is 0.161 e. The summed E-state index contributed by atoms with van der Waals surface area (Å²) in [6, 6.07) is 4.42. The summed E-state index contributed by atoms with van der Waals surface area (Å²) in [6.45, 7) is 3.64. The van der Waals surface area contributed by atoms with E-state index in [0.29, 0.717) is 5.56 Å². The van der Waals surface area contributed by atoms with E-state index in [1.54, 1.807) is 25.4 Å². The number of benzene rings is 1. The van der Waals surface area contributed by atoms with Crippen molar-refractivity contribution in [1.82, 2.24) is 9.97 Å². The molecule has 1 N–H and O–H groups in total. The summed E-state index contributed by atoms with van der Waals surface area (Å²) in [6.07, 6.45) is 2.25. The molecule has 2 aromatic rings. The van der Waals surface area contributed by atoms with E-state index < -0.39 is 6.10 Å². The number of rotatable bonds is 2. The van der Waals surface area contributed by atoms with Gasteiger partial charge in [-0.25, -0.2) is 14.4 Å². The molecule has 0 saturated heterocycles. The third-order valence-corrected chi connectivity index (χ3v) is 2.43. The standard InChI is InChI=1S/C13H13FN2O/c1-8-3-10(5-11(14)4-8)12(17)13-15-6-9(2)7-16-13/h3-7,12,17H,1-2H3. The predicted molar refractivity (Wildman–Crippen MR) is 62.0 cm³/mol. The van der Waals surface area contributed by atoms with Crippen LogP contribution >= 0.6 is 0 Å². The van der Waals surface area contributed by atoms with Crippen LogP contribution < -0.4 is 0 Å². The first kappa shape index (κ1) is 11.7. The van der Waals surface area contributed by atoms with Crippen LogP contribution in [-0.2, 0) is 0 Å². The topological polar surface area (TPSA) is 46.0 Å². The second-order valence-corrected chi connectivity index (χ2v) is 4.08. The van der Waals surface area contributed by atoms with Gasteiger partial charge in [-0.1, -0.05) is 6.07 Å². The molecule has 4 heteroatoms. The molecule has 2 rings (SSSR count). The summed E-state index contributed by atoms with van der Waals surface area (Å²) in [4.78, 5) is 8.06. The van der Waals surface area contributed by atoms with Gasteiger partial charge in [0.1, 0.15) is 11.9 Å². The molecule has 88 valence electrons. The zero-order chi connectivity index (χ0) is 12.4. The first-order valence-electron chi connectivity index (χ1n) is 5.30. The molecule has 0 aliphatic rings. The maximum Gasteiger partial charge on any atom is 0.161 e. The maximum absolute atomic E-state index is 13.2. The molecule has 0 amide bonds. The van der Waals surface area contributed by atoms with E-state index in [4.69, 9.17) is 0 Å². The largest absolute Gasteiger partial charge is 0.380 e. The molecular weight excluding hydrogens is 219 g/mol. The molecule has 0 aliphatic carbocycles. The van der Waals surface area contributed by atoms with Crippen LogP contribution in [0.15, 0.2) is 30.6 Å². The van der Waals surface area contributed by atoms with E-state index in [-0.39, 0.29) is 11.6 Å². The second kappa shape index (κ2) is 4.59. The minimum absolute atomic E-state index is 0.278. The van der Waals surface area contributed by atoms with Crippen molar-refractivity contribution in [1.29, 1.82) is 0 Å². The highest BCUT2D eigenvalue weighted by Gasteiger charge is 2.14. The van der Waals surface area contributed by atoms with Gasteiger partial charge >= 0.3 is 0 Å². The molecule has 0 spiro atoms. The fourth-order valence-electron chi connectivity index (χ4n) is 1.62. The Labute approximate surface area is 99.0 Å². The highest BCUT2D eigenvalue weighted by atomic mass is 19.1. The molecule has 0 radical (unpaired) electrons. The maximum atomic E-state index is 13.2. The van der Waals surface area contributed by atoms with Crippen LogP contribution in [0, 0.1) is 19.7 Å². The monoisotopic (exact) mass is 232 g/mol. The lowest BCUT2D eigenvalue weighted by Gasteiger charge is -2.10. The molecule has 1 aromatic carbocycles. The Bertz CT molecular complexity index is 505. The van der Waals surface area contributed by atoms with Crippen LogP contribution in [0.4, 0.5) is 4.39 Å². The number of nitrogens with zero attached hydrogens (tertiary/aromatic N) is 2. The Hall–Kier alpha value is -1.81. The van der Waals surface area contributed by atoms with Crippen LogP contribution in [0.1, 0.15) is 28.6 Å². The number of aryl methyl sites for hydroxylation is 2. The number of aliphatic hydroxyl groups excluding tert-OH is 1. The molecule has 1 unspecified atom stereocenters. The molecular formula is C13H13FN2O. The fraction of sp³-hybridized carbons (Fsp3) is 0.231. The lowest BCUT2D eigenvalue weighted by Crippen LogP contribution is -2.06. The van der Waals surface area contributed by atoms with Gasteiger partial charge in [-0.15, -0.1) is 0 Å². The zero-order valence-corrected chi connectivity index (χ0v) is 9.68. The Balaban J connectivity index is 2.36. The normalized spacial score (nSPS) is 12.5. The van der Waals surface area contributed by atoms with E-state index in [1.165, 1.54) is 12.1 Å². The Morgan fingerprint density at radius 3 is 2.29 bits per heavy atom. The molecule has 1 atom stereocenters. The third-order valence-electron chi connectivity index (χ3n) is 2.43. The quantitative estimate of drug-likeness (QED) is 0.864. The molecule has 1 aromatic heterocycles. The Kier molecular flexibility index (Phi) is 3.15. The molecule has 0 aliphatic heterocycles. The van der Waals surface area contributed by atoms with E-state index in [1.807, 2.05) is 6.92 Å². The number of aromatic nitrogens is 2. The van der Waals surface area contributed by atoms with Crippen LogP contribution in [-0.4, -0.2) is 15.1 Å². The fourth-order valence-corrected chi connectivity index (χ4v) is 1.62. The number of halogens is 1. The van der Waals surface area contributed by atoms with Crippen LogP contribution in [0.2, 0.25) is 0 Å². The van der Waals surface area contributed by atoms with E-state index >= 15 is 0 Å². The summed E-state index contributed by atoms with van der Waals surface area (Å²) in [7, 11) is 0. The second-order valence-electron chi connectivity index (χ2n) is 4.08. The van der Waals surface area contributed by atoms with Gasteiger partial charge in [0.25, 0.3) is 0 Å². The lowest BCUT2D eigenvalue weighted by atomic mass is 10.1. The van der Waals surface area contributed by atoms with Crippen LogP contribution in [0.5, 0.6) is 0 Å². The van der Waals surface area contributed by atoms with E-state index in [9.17, 15) is 9.50 Å². The Morgan fingerprint density at radius 2 is 1.71 bits per heavy atom. The summed E-state index contributed by atoms with van der Waals surface area (Å²) in [5.41, 5.74) is 2.13. The highest BCUT2D eigenvalue weighted by molar-refractivity contribution is 5.28. The van der Waals surface area contributed by atoms with Crippen molar-refractivity contribution in [2.75, 3.05) is 0 Å². The molecule has 0 bridgehead atoms. The molecule has 0 saturated carbocycles. The number of hydrogen-bond donors (Lipinski definition) is 1. The summed E-state index contributed by atoms with van der Waals surface area (Å²) >= 11 is 0. The average Bonchev–Trinajstić information content (AvgIpc) is 2.28. The minimum Gasteiger partial charge on any atom is -0.380 e. The number of aliphatic hydroxyl groups is 1. The minimum atomic E-state index is -0.995. The first-order chi connectivity index (χ1) is 8.06. The summed E-state index contributed by atoms with van der Waals surface area (Å²) in [5, 5.41) is 10.0. The van der Waals surface area contributed by atoms with Crippen molar-refractivity contribution in [3.05, 3.63) is 58.9 Å². The molecule has 3 nitrogen and oxygen atoms in total.